The molecular formula is C20H26F3NO6S. The molecule has 1 saturated heterocycles. The number of ether oxygens (including phenoxy) is 1. The van der Waals surface area contributed by atoms with Crippen LogP contribution in [0.2, 0.25) is 0 Å². The van der Waals surface area contributed by atoms with Gasteiger partial charge in [0, 0.05) is 5.56 Å². The van der Waals surface area contributed by atoms with Gasteiger partial charge in [0.2, 0.25) is 0 Å². The number of halogens is 3. The van der Waals surface area contributed by atoms with Crippen molar-refractivity contribution in [3.63, 3.8) is 0 Å². The molecule has 0 N–H and O–H groups in total. The highest BCUT2D eigenvalue weighted by Gasteiger charge is 2.47. The maximum absolute atomic E-state index is 12.4. The van der Waals surface area contributed by atoms with Crippen LogP contribution in [0.1, 0.15) is 44.0 Å². The number of carbonyl (C=O) groups is 2. The average Bonchev–Trinajstić information content (AvgIpc) is 3.04. The summed E-state index contributed by atoms with van der Waals surface area (Å²) in [7, 11) is -5.62. The van der Waals surface area contributed by atoms with Crippen molar-refractivity contribution in [3.8, 4) is 0 Å². The molecule has 1 heterocycles. The van der Waals surface area contributed by atoms with E-state index in [-0.39, 0.29) is 25.5 Å². The van der Waals surface area contributed by atoms with Crippen LogP contribution in [0.3, 0.4) is 0 Å². The highest BCUT2D eigenvalue weighted by molar-refractivity contribution is 7.87. The predicted octanol–water partition coefficient (Wildman–Crippen LogP) is 3.88. The van der Waals surface area contributed by atoms with Gasteiger partial charge in [0.05, 0.1) is 6.61 Å². The van der Waals surface area contributed by atoms with Crippen LogP contribution in [0, 0.1) is 5.92 Å². The molecule has 1 amide bonds. The molecule has 0 saturated carbocycles. The summed E-state index contributed by atoms with van der Waals surface area (Å²) in [5.74, 6) is -0.153. The van der Waals surface area contributed by atoms with Crippen molar-refractivity contribution in [1.82, 2.24) is 4.90 Å². The molecule has 1 aromatic rings. The Labute approximate surface area is 179 Å². The van der Waals surface area contributed by atoms with Crippen molar-refractivity contribution in [1.29, 1.82) is 0 Å². The fourth-order valence-electron chi connectivity index (χ4n) is 2.25. The molecule has 0 aliphatic carbocycles. The van der Waals surface area contributed by atoms with Crippen molar-refractivity contribution in [2.75, 3.05) is 13.3 Å². The molecule has 0 aromatic heterocycles. The smallest absolute Gasteiger partial charge is 0.443 e. The molecule has 0 bridgehead atoms. The number of cyclic esters (lactones) is 1. The van der Waals surface area contributed by atoms with E-state index in [9.17, 15) is 31.2 Å². The quantitative estimate of drug-likeness (QED) is 0.200. The summed E-state index contributed by atoms with van der Waals surface area (Å²) in [5, 5.41) is 0. The zero-order valence-corrected chi connectivity index (χ0v) is 18.3. The molecule has 0 radical (unpaired) electrons. The Bertz CT molecular complexity index is 851. The average molecular weight is 465 g/mol. The van der Waals surface area contributed by atoms with Crippen LogP contribution in [-0.4, -0.2) is 50.1 Å². The maximum atomic E-state index is 12.4. The van der Waals surface area contributed by atoms with Crippen LogP contribution in [0.4, 0.5) is 13.2 Å². The number of rotatable bonds is 7. The van der Waals surface area contributed by atoms with Crippen LogP contribution in [-0.2, 0) is 23.8 Å². The second-order valence-electron chi connectivity index (χ2n) is 7.20. The van der Waals surface area contributed by atoms with E-state index in [0.717, 1.165) is 5.92 Å². The SMILES string of the molecule is CC(C)C.O=C1OCN(C(=O)c2ccccc2)C1C/C=C\CCOS(=O)(=O)C(F)(F)F. The first kappa shape index (κ1) is 26.6. The Kier molecular flexibility index (Phi) is 10.2. The van der Waals surface area contributed by atoms with E-state index in [1.807, 2.05) is 0 Å². The third kappa shape index (κ3) is 8.70. The largest absolute Gasteiger partial charge is 0.523 e. The number of hydrogen-bond acceptors (Lipinski definition) is 6. The van der Waals surface area contributed by atoms with Crippen molar-refractivity contribution in [2.24, 2.45) is 5.92 Å². The second-order valence-corrected chi connectivity index (χ2v) is 8.81. The van der Waals surface area contributed by atoms with Gasteiger partial charge in [-0.05, 0) is 30.9 Å². The molecule has 1 unspecified atom stereocenters. The van der Waals surface area contributed by atoms with Gasteiger partial charge in [-0.25, -0.2) is 4.79 Å². The monoisotopic (exact) mass is 465 g/mol. The van der Waals surface area contributed by atoms with E-state index in [2.05, 4.69) is 25.0 Å². The summed E-state index contributed by atoms with van der Waals surface area (Å²) in [6.45, 7) is 5.61. The minimum atomic E-state index is -5.62. The lowest BCUT2D eigenvalue weighted by atomic mass is 10.1. The van der Waals surface area contributed by atoms with Gasteiger partial charge >= 0.3 is 21.6 Å². The van der Waals surface area contributed by atoms with Crippen molar-refractivity contribution >= 4 is 22.0 Å². The normalized spacial score (nSPS) is 16.9. The Morgan fingerprint density at radius 2 is 1.81 bits per heavy atom. The first-order valence-electron chi connectivity index (χ1n) is 9.50. The first-order chi connectivity index (χ1) is 14.4. The van der Waals surface area contributed by atoms with Gasteiger partial charge in [-0.15, -0.1) is 0 Å². The minimum absolute atomic E-state index is 0.0728. The number of alkyl halides is 3. The van der Waals surface area contributed by atoms with Crippen LogP contribution in [0.5, 0.6) is 0 Å². The highest BCUT2D eigenvalue weighted by Crippen LogP contribution is 2.24. The van der Waals surface area contributed by atoms with Gasteiger partial charge < -0.3 is 4.74 Å². The van der Waals surface area contributed by atoms with Gasteiger partial charge in [0.25, 0.3) is 5.91 Å². The molecule has 7 nitrogen and oxygen atoms in total. The number of esters is 1. The zero-order valence-electron chi connectivity index (χ0n) is 17.5. The van der Waals surface area contributed by atoms with E-state index < -0.39 is 34.2 Å². The highest BCUT2D eigenvalue weighted by atomic mass is 32.2. The van der Waals surface area contributed by atoms with E-state index in [1.54, 1.807) is 30.3 Å². The summed E-state index contributed by atoms with van der Waals surface area (Å²) in [6, 6.07) is 7.41. The van der Waals surface area contributed by atoms with Gasteiger partial charge in [0.15, 0.2) is 6.73 Å². The van der Waals surface area contributed by atoms with Crippen molar-refractivity contribution in [3.05, 3.63) is 48.0 Å². The topological polar surface area (TPSA) is 90.0 Å². The number of carbonyl (C=O) groups excluding carboxylic acids is 2. The lowest BCUT2D eigenvalue weighted by molar-refractivity contribution is -0.139. The maximum Gasteiger partial charge on any atom is 0.523 e. The lowest BCUT2D eigenvalue weighted by Crippen LogP contribution is -2.37. The molecule has 1 aliphatic heterocycles. The third-order valence-corrected chi connectivity index (χ3v) is 4.65. The van der Waals surface area contributed by atoms with Crippen LogP contribution in [0.15, 0.2) is 42.5 Å². The molecule has 1 aromatic carbocycles. The van der Waals surface area contributed by atoms with Gasteiger partial charge in [-0.2, -0.15) is 21.6 Å². The fraction of sp³-hybridized carbons (Fsp3) is 0.500. The van der Waals surface area contributed by atoms with E-state index >= 15 is 0 Å². The van der Waals surface area contributed by atoms with E-state index in [4.69, 9.17) is 4.74 Å². The standard InChI is InChI=1S/C16H16F3NO6S.C4H10/c17-16(18,19)27(23,24)26-10-6-2-5-9-13-15(22)25-11-20(13)14(21)12-7-3-1-4-8-12;1-4(2)3/h1-5,7-8,13H,6,9-11H2;4H,1-3H3/b5-2-;. The summed E-state index contributed by atoms with van der Waals surface area (Å²) in [6.07, 6.45) is 2.77. The first-order valence-corrected chi connectivity index (χ1v) is 10.9. The number of benzene rings is 1. The van der Waals surface area contributed by atoms with Gasteiger partial charge in [0.1, 0.15) is 6.04 Å². The summed E-state index contributed by atoms with van der Waals surface area (Å²) >= 11 is 0. The molecule has 174 valence electrons. The Balaban J connectivity index is 0.00000110. The Hall–Kier alpha value is -2.40. The number of hydrogen-bond donors (Lipinski definition) is 0. The molecule has 31 heavy (non-hydrogen) atoms. The van der Waals surface area contributed by atoms with Gasteiger partial charge in [-0.3, -0.25) is 13.9 Å². The third-order valence-electron chi connectivity index (χ3n) is 3.61. The summed E-state index contributed by atoms with van der Waals surface area (Å²) in [4.78, 5) is 25.5. The number of amides is 1. The summed E-state index contributed by atoms with van der Waals surface area (Å²) < 4.78 is 66.4. The van der Waals surface area contributed by atoms with Crippen LogP contribution < -0.4 is 0 Å². The van der Waals surface area contributed by atoms with Crippen molar-refractivity contribution in [2.45, 2.75) is 45.2 Å². The van der Waals surface area contributed by atoms with Crippen molar-refractivity contribution < 1.29 is 40.1 Å². The molecule has 11 heteroatoms. The van der Waals surface area contributed by atoms with Crippen LogP contribution >= 0.6 is 0 Å². The minimum Gasteiger partial charge on any atom is -0.443 e. The molecule has 1 atom stereocenters. The van der Waals surface area contributed by atoms with E-state index in [1.165, 1.54) is 17.1 Å². The fourth-order valence-corrected chi connectivity index (χ4v) is 2.70. The molecule has 1 fully saturated rings. The van der Waals surface area contributed by atoms with E-state index in [0.29, 0.717) is 5.56 Å². The Morgan fingerprint density at radius 3 is 2.35 bits per heavy atom. The second kappa shape index (κ2) is 11.8. The lowest BCUT2D eigenvalue weighted by Gasteiger charge is -2.19. The molecule has 1 aliphatic rings. The molecule has 0 spiro atoms. The molecule has 2 rings (SSSR count). The Morgan fingerprint density at radius 1 is 1.23 bits per heavy atom. The van der Waals surface area contributed by atoms with Gasteiger partial charge in [-0.1, -0.05) is 51.1 Å². The summed E-state index contributed by atoms with van der Waals surface area (Å²) in [5.41, 5.74) is -5.08. The molecular weight excluding hydrogens is 439 g/mol. The van der Waals surface area contributed by atoms with Crippen LogP contribution in [0.25, 0.3) is 0 Å². The predicted molar refractivity (Wildman–Crippen MR) is 107 cm³/mol. The number of nitrogens with zero attached hydrogens (tertiary/aromatic N) is 1. The zero-order chi connectivity index (χ0) is 23.7.